The van der Waals surface area contributed by atoms with E-state index < -0.39 is 12.0 Å². The highest BCUT2D eigenvalue weighted by atomic mass is 35.5. The van der Waals surface area contributed by atoms with Crippen LogP contribution in [0.2, 0.25) is 5.02 Å². The molecule has 1 aromatic heterocycles. The minimum atomic E-state index is -0.777. The van der Waals surface area contributed by atoms with Crippen molar-refractivity contribution in [3.05, 3.63) is 138 Å². The highest BCUT2D eigenvalue weighted by molar-refractivity contribution is 7.07. The van der Waals surface area contributed by atoms with Crippen LogP contribution in [-0.2, 0) is 16.1 Å². The number of hydrogen-bond donors (Lipinski definition) is 0. The Bertz CT molecular complexity index is 2110. The summed E-state index contributed by atoms with van der Waals surface area (Å²) in [5.74, 6) is 0.602. The molecule has 0 fully saturated rings. The van der Waals surface area contributed by atoms with Gasteiger partial charge in [-0.15, -0.1) is 0 Å². The Morgan fingerprint density at radius 1 is 1.02 bits per heavy atom. The molecular weight excluding hydrogens is 596 g/mol. The van der Waals surface area contributed by atoms with Crippen molar-refractivity contribution in [2.45, 2.75) is 26.5 Å². The van der Waals surface area contributed by atoms with Crippen LogP contribution in [0.1, 0.15) is 36.6 Å². The molecule has 222 valence electrons. The van der Waals surface area contributed by atoms with Crippen LogP contribution in [0, 0.1) is 0 Å². The first-order valence-corrected chi connectivity index (χ1v) is 15.3. The third-order valence-electron chi connectivity index (χ3n) is 7.47. The molecule has 44 heavy (non-hydrogen) atoms. The fourth-order valence-electron chi connectivity index (χ4n) is 5.40. The second-order valence-electron chi connectivity index (χ2n) is 10.2. The maximum atomic E-state index is 13.9. The summed E-state index contributed by atoms with van der Waals surface area (Å²) in [5, 5.41) is 2.73. The van der Waals surface area contributed by atoms with Gasteiger partial charge in [0, 0.05) is 5.02 Å². The van der Waals surface area contributed by atoms with E-state index in [1.807, 2.05) is 54.6 Å². The smallest absolute Gasteiger partial charge is 0.338 e. The first-order chi connectivity index (χ1) is 21.4. The number of benzene rings is 4. The van der Waals surface area contributed by atoms with Crippen LogP contribution >= 0.6 is 22.9 Å². The topological polar surface area (TPSA) is 79.1 Å². The van der Waals surface area contributed by atoms with Crippen LogP contribution in [0.4, 0.5) is 0 Å². The summed E-state index contributed by atoms with van der Waals surface area (Å²) >= 11 is 7.84. The summed E-state index contributed by atoms with van der Waals surface area (Å²) in [4.78, 5) is 32.2. The molecule has 4 aromatic carbocycles. The van der Waals surface area contributed by atoms with Gasteiger partial charge in [0.05, 0.1) is 29.5 Å². The van der Waals surface area contributed by atoms with Gasteiger partial charge in [0.2, 0.25) is 0 Å². The molecule has 0 N–H and O–H groups in total. The predicted molar refractivity (Wildman–Crippen MR) is 173 cm³/mol. The Morgan fingerprint density at radius 3 is 2.59 bits per heavy atom. The van der Waals surface area contributed by atoms with Gasteiger partial charge in [0.15, 0.2) is 16.3 Å². The van der Waals surface area contributed by atoms with Crippen molar-refractivity contribution in [1.82, 2.24) is 4.57 Å². The highest BCUT2D eigenvalue weighted by Crippen LogP contribution is 2.35. The van der Waals surface area contributed by atoms with Gasteiger partial charge in [-0.05, 0) is 65.6 Å². The van der Waals surface area contributed by atoms with Gasteiger partial charge in [-0.25, -0.2) is 9.79 Å². The molecule has 1 aliphatic heterocycles. The van der Waals surface area contributed by atoms with E-state index in [1.54, 1.807) is 39.2 Å². The van der Waals surface area contributed by atoms with Crippen molar-refractivity contribution >= 4 is 45.8 Å². The van der Waals surface area contributed by atoms with E-state index >= 15 is 0 Å². The fraction of sp³-hybridized carbons (Fsp3) is 0.171. The SMILES string of the molecule is CCOC(=O)C1=C(C)N=c2s/c(=C\c3ccc(OCc4cccc5ccccc45)c(OC)c3)c(=O)n2[C@@H]1c1ccccc1Cl. The number of fused-ring (bicyclic) bond motifs is 2. The first-order valence-electron chi connectivity index (χ1n) is 14.1. The molecule has 0 radical (unpaired) electrons. The molecular formula is C35H29ClN2O5S. The first kappa shape index (κ1) is 29.4. The zero-order valence-corrected chi connectivity index (χ0v) is 25.9. The normalized spacial score (nSPS) is 14.7. The van der Waals surface area contributed by atoms with Crippen LogP contribution in [0.15, 0.2) is 106 Å². The zero-order chi connectivity index (χ0) is 30.8. The Balaban J connectivity index is 1.37. The third kappa shape index (κ3) is 5.54. The second-order valence-corrected chi connectivity index (χ2v) is 11.6. The molecule has 7 nitrogen and oxygen atoms in total. The van der Waals surface area contributed by atoms with E-state index in [0.717, 1.165) is 21.9 Å². The zero-order valence-electron chi connectivity index (χ0n) is 24.4. The lowest BCUT2D eigenvalue weighted by atomic mass is 9.96. The number of halogens is 1. The third-order valence-corrected chi connectivity index (χ3v) is 8.79. The number of rotatable bonds is 8. The maximum absolute atomic E-state index is 13.9. The van der Waals surface area contributed by atoms with E-state index in [2.05, 4.69) is 23.2 Å². The maximum Gasteiger partial charge on any atom is 0.338 e. The average Bonchev–Trinajstić information content (AvgIpc) is 3.33. The van der Waals surface area contributed by atoms with E-state index in [9.17, 15) is 9.59 Å². The number of allylic oxidation sites excluding steroid dienone is 1. The second kappa shape index (κ2) is 12.5. The summed E-state index contributed by atoms with van der Waals surface area (Å²) < 4.78 is 19.2. The van der Waals surface area contributed by atoms with Crippen LogP contribution < -0.4 is 24.4 Å². The number of ether oxygens (including phenoxy) is 3. The standard InChI is InChI=1S/C35H29ClN2O5S/c1-4-42-34(40)31-21(2)37-35-38(32(31)26-14-7-8-15-27(26)36)33(39)30(44-35)19-22-16-17-28(29(18-22)41-3)43-20-24-12-9-11-23-10-5-6-13-25(23)24/h5-19,32H,4,20H2,1-3H3/b30-19-/t32-/m1/s1. The highest BCUT2D eigenvalue weighted by Gasteiger charge is 2.34. The fourth-order valence-corrected chi connectivity index (χ4v) is 6.69. The summed E-state index contributed by atoms with van der Waals surface area (Å²) in [6.45, 7) is 4.05. The van der Waals surface area contributed by atoms with Crippen molar-refractivity contribution in [1.29, 1.82) is 0 Å². The van der Waals surface area contributed by atoms with Crippen LogP contribution in [0.25, 0.3) is 16.8 Å². The Labute approximate surface area is 262 Å². The minimum absolute atomic E-state index is 0.193. The molecule has 0 saturated carbocycles. The Hall–Kier alpha value is -4.66. The van der Waals surface area contributed by atoms with E-state index in [4.69, 9.17) is 25.8 Å². The van der Waals surface area contributed by atoms with E-state index in [-0.39, 0.29) is 17.7 Å². The van der Waals surface area contributed by atoms with Gasteiger partial charge >= 0.3 is 5.97 Å². The summed E-state index contributed by atoms with van der Waals surface area (Å²) in [5.41, 5.74) is 2.92. The summed E-state index contributed by atoms with van der Waals surface area (Å²) in [7, 11) is 1.58. The van der Waals surface area contributed by atoms with Gasteiger partial charge in [0.25, 0.3) is 5.56 Å². The molecule has 1 aliphatic rings. The number of aromatic nitrogens is 1. The molecule has 0 saturated heterocycles. The van der Waals surface area contributed by atoms with Crippen molar-refractivity contribution in [2.24, 2.45) is 4.99 Å². The lowest BCUT2D eigenvalue weighted by Gasteiger charge is -2.25. The van der Waals surface area contributed by atoms with Crippen molar-refractivity contribution in [2.75, 3.05) is 13.7 Å². The molecule has 0 unspecified atom stereocenters. The van der Waals surface area contributed by atoms with Crippen molar-refractivity contribution < 1.29 is 19.0 Å². The summed E-state index contributed by atoms with van der Waals surface area (Å²) in [6, 6.07) is 26.3. The predicted octanol–water partition coefficient (Wildman–Crippen LogP) is 6.19. The molecule has 5 aromatic rings. The van der Waals surface area contributed by atoms with Crippen LogP contribution in [0.5, 0.6) is 11.5 Å². The van der Waals surface area contributed by atoms with Gasteiger partial charge in [-0.3, -0.25) is 9.36 Å². The largest absolute Gasteiger partial charge is 0.493 e. The number of thiazole rings is 1. The number of methoxy groups -OCH3 is 1. The lowest BCUT2D eigenvalue weighted by molar-refractivity contribution is -0.139. The molecule has 0 amide bonds. The van der Waals surface area contributed by atoms with E-state index in [1.165, 1.54) is 15.9 Å². The number of esters is 1. The van der Waals surface area contributed by atoms with E-state index in [0.29, 0.717) is 43.7 Å². The lowest BCUT2D eigenvalue weighted by Crippen LogP contribution is -2.40. The van der Waals surface area contributed by atoms with Gasteiger partial charge in [0.1, 0.15) is 12.6 Å². The average molecular weight is 625 g/mol. The van der Waals surface area contributed by atoms with Crippen molar-refractivity contribution in [3.63, 3.8) is 0 Å². The van der Waals surface area contributed by atoms with Crippen molar-refractivity contribution in [3.8, 4) is 11.5 Å². The molecule has 0 spiro atoms. The number of carbonyl (C=O) groups is 1. The summed E-state index contributed by atoms with van der Waals surface area (Å²) in [6.07, 6.45) is 1.79. The number of nitrogens with zero attached hydrogens (tertiary/aromatic N) is 2. The molecule has 1 atom stereocenters. The van der Waals surface area contributed by atoms with Crippen LogP contribution in [0.3, 0.4) is 0 Å². The van der Waals surface area contributed by atoms with Gasteiger partial charge in [-0.2, -0.15) is 0 Å². The molecule has 0 aliphatic carbocycles. The minimum Gasteiger partial charge on any atom is -0.493 e. The number of carbonyl (C=O) groups excluding carboxylic acids is 1. The van der Waals surface area contributed by atoms with Gasteiger partial charge in [-0.1, -0.05) is 89.7 Å². The molecule has 2 heterocycles. The Morgan fingerprint density at radius 2 is 1.80 bits per heavy atom. The van der Waals surface area contributed by atoms with Gasteiger partial charge < -0.3 is 14.2 Å². The van der Waals surface area contributed by atoms with Crippen LogP contribution in [-0.4, -0.2) is 24.3 Å². The monoisotopic (exact) mass is 624 g/mol. The molecule has 6 rings (SSSR count). The number of hydrogen-bond acceptors (Lipinski definition) is 7. The molecule has 0 bridgehead atoms. The quantitative estimate of drug-likeness (QED) is 0.192. The molecule has 9 heteroatoms. The Kier molecular flexibility index (Phi) is 8.37.